The lowest BCUT2D eigenvalue weighted by Gasteiger charge is -2.08. The van der Waals surface area contributed by atoms with E-state index in [1.165, 1.54) is 6.33 Å². The molecule has 20 heavy (non-hydrogen) atoms. The molecule has 1 heterocycles. The van der Waals surface area contributed by atoms with Crippen molar-refractivity contribution >= 4 is 34.8 Å². The molecule has 0 atom stereocenters. The molecule has 7 nitrogen and oxygen atoms in total. The van der Waals surface area contributed by atoms with Gasteiger partial charge in [-0.15, -0.1) is 11.8 Å². The van der Waals surface area contributed by atoms with Gasteiger partial charge in [0.2, 0.25) is 11.6 Å². The fourth-order valence-electron chi connectivity index (χ4n) is 1.66. The summed E-state index contributed by atoms with van der Waals surface area (Å²) in [6, 6.07) is 7.56. The van der Waals surface area contributed by atoms with Crippen LogP contribution in [0.5, 0.6) is 0 Å². The van der Waals surface area contributed by atoms with Crippen LogP contribution in [0.4, 0.5) is 23.0 Å². The highest BCUT2D eigenvalue weighted by Crippen LogP contribution is 2.31. The molecule has 0 radical (unpaired) electrons. The van der Waals surface area contributed by atoms with E-state index in [-0.39, 0.29) is 17.3 Å². The molecule has 0 saturated carbocycles. The average Bonchev–Trinajstić information content (AvgIpc) is 2.46. The van der Waals surface area contributed by atoms with Crippen molar-refractivity contribution in [3.8, 4) is 0 Å². The van der Waals surface area contributed by atoms with Crippen molar-refractivity contribution in [3.05, 3.63) is 40.7 Å². The van der Waals surface area contributed by atoms with E-state index in [2.05, 4.69) is 20.6 Å². The van der Waals surface area contributed by atoms with Crippen molar-refractivity contribution in [2.45, 2.75) is 4.90 Å². The standard InChI is InChI=1S/C12H13N5O2S/c1-13-11-10(17(18)19)12(15-7-14-11)16-8-4-3-5-9(6-8)20-2/h3-7H,1-2H3,(H2,13,14,15,16). The lowest BCUT2D eigenvalue weighted by Crippen LogP contribution is -2.05. The molecular formula is C12H13N5O2S. The summed E-state index contributed by atoms with van der Waals surface area (Å²) in [7, 11) is 1.58. The first-order valence-corrected chi connectivity index (χ1v) is 6.96. The van der Waals surface area contributed by atoms with Crippen LogP contribution < -0.4 is 10.6 Å². The van der Waals surface area contributed by atoms with E-state index in [1.54, 1.807) is 18.8 Å². The number of nitrogens with zero attached hydrogens (tertiary/aromatic N) is 3. The van der Waals surface area contributed by atoms with Crippen LogP contribution in [0.3, 0.4) is 0 Å². The van der Waals surface area contributed by atoms with Crippen LogP contribution in [0.25, 0.3) is 0 Å². The molecule has 8 heteroatoms. The van der Waals surface area contributed by atoms with Gasteiger partial charge in [0.1, 0.15) is 6.33 Å². The number of hydrogen-bond donors (Lipinski definition) is 2. The molecule has 0 saturated heterocycles. The molecule has 0 amide bonds. The second-order valence-electron chi connectivity index (χ2n) is 3.78. The molecule has 2 rings (SSSR count). The van der Waals surface area contributed by atoms with Gasteiger partial charge < -0.3 is 10.6 Å². The van der Waals surface area contributed by atoms with Crippen molar-refractivity contribution in [1.29, 1.82) is 0 Å². The number of hydrogen-bond acceptors (Lipinski definition) is 7. The predicted molar refractivity (Wildman–Crippen MR) is 79.7 cm³/mol. The van der Waals surface area contributed by atoms with Crippen LogP contribution in [-0.2, 0) is 0 Å². The van der Waals surface area contributed by atoms with E-state index in [4.69, 9.17) is 0 Å². The van der Waals surface area contributed by atoms with Crippen LogP contribution in [0.1, 0.15) is 0 Å². The van der Waals surface area contributed by atoms with Crippen LogP contribution >= 0.6 is 11.8 Å². The highest BCUT2D eigenvalue weighted by atomic mass is 32.2. The molecule has 0 bridgehead atoms. The summed E-state index contributed by atoms with van der Waals surface area (Å²) in [5.41, 5.74) is 0.560. The molecule has 0 spiro atoms. The zero-order valence-electron chi connectivity index (χ0n) is 11.0. The lowest BCUT2D eigenvalue weighted by atomic mass is 10.3. The Hall–Kier alpha value is -2.35. The first-order valence-electron chi connectivity index (χ1n) is 5.74. The Labute approximate surface area is 120 Å². The largest absolute Gasteiger partial charge is 0.367 e. The first-order chi connectivity index (χ1) is 9.65. The number of nitrogens with one attached hydrogen (secondary N) is 2. The lowest BCUT2D eigenvalue weighted by molar-refractivity contribution is -0.383. The Bertz CT molecular complexity index is 635. The molecule has 1 aromatic heterocycles. The molecule has 2 N–H and O–H groups in total. The van der Waals surface area contributed by atoms with Crippen LogP contribution in [0.15, 0.2) is 35.5 Å². The van der Waals surface area contributed by atoms with E-state index >= 15 is 0 Å². The number of rotatable bonds is 5. The Morgan fingerprint density at radius 3 is 2.70 bits per heavy atom. The highest BCUT2D eigenvalue weighted by Gasteiger charge is 2.22. The van der Waals surface area contributed by atoms with E-state index in [0.717, 1.165) is 10.6 Å². The van der Waals surface area contributed by atoms with Gasteiger partial charge in [0.15, 0.2) is 0 Å². The molecule has 1 aromatic carbocycles. The van der Waals surface area contributed by atoms with Gasteiger partial charge in [0.25, 0.3) is 0 Å². The maximum absolute atomic E-state index is 11.2. The molecule has 0 fully saturated rings. The van der Waals surface area contributed by atoms with Gasteiger partial charge in [0.05, 0.1) is 4.92 Å². The number of benzene rings is 1. The normalized spacial score (nSPS) is 10.1. The van der Waals surface area contributed by atoms with Crippen LogP contribution in [0.2, 0.25) is 0 Å². The number of anilines is 3. The Kier molecular flexibility index (Phi) is 4.36. The summed E-state index contributed by atoms with van der Waals surface area (Å²) >= 11 is 1.59. The molecule has 104 valence electrons. The minimum absolute atomic E-state index is 0.160. The van der Waals surface area contributed by atoms with Gasteiger partial charge in [-0.3, -0.25) is 10.1 Å². The van der Waals surface area contributed by atoms with Crippen molar-refractivity contribution < 1.29 is 4.92 Å². The monoisotopic (exact) mass is 291 g/mol. The summed E-state index contributed by atoms with van der Waals surface area (Å²) in [5.74, 6) is 0.334. The third-order valence-electron chi connectivity index (χ3n) is 2.57. The maximum atomic E-state index is 11.2. The molecule has 0 aliphatic heterocycles. The summed E-state index contributed by atoms with van der Waals surface area (Å²) in [6.45, 7) is 0. The van der Waals surface area contributed by atoms with Gasteiger partial charge in [-0.05, 0) is 24.5 Å². The summed E-state index contributed by atoms with van der Waals surface area (Å²) in [4.78, 5) is 19.5. The zero-order valence-corrected chi connectivity index (χ0v) is 11.8. The quantitative estimate of drug-likeness (QED) is 0.497. The predicted octanol–water partition coefficient (Wildman–Crippen LogP) is 2.89. The molecular weight excluding hydrogens is 278 g/mol. The van der Waals surface area contributed by atoms with Gasteiger partial charge in [-0.25, -0.2) is 9.97 Å². The van der Waals surface area contributed by atoms with Gasteiger partial charge in [-0.1, -0.05) is 6.07 Å². The molecule has 0 unspecified atom stereocenters. The maximum Gasteiger partial charge on any atom is 0.353 e. The van der Waals surface area contributed by atoms with E-state index in [1.807, 2.05) is 30.5 Å². The smallest absolute Gasteiger partial charge is 0.353 e. The summed E-state index contributed by atoms with van der Waals surface area (Å²) in [6.07, 6.45) is 3.24. The van der Waals surface area contributed by atoms with E-state index in [0.29, 0.717) is 0 Å². The van der Waals surface area contributed by atoms with E-state index < -0.39 is 4.92 Å². The van der Waals surface area contributed by atoms with Gasteiger partial charge >= 0.3 is 5.69 Å². The minimum atomic E-state index is -0.507. The zero-order chi connectivity index (χ0) is 14.5. The van der Waals surface area contributed by atoms with Crippen molar-refractivity contribution in [1.82, 2.24) is 9.97 Å². The van der Waals surface area contributed by atoms with Crippen molar-refractivity contribution in [2.75, 3.05) is 23.9 Å². The summed E-state index contributed by atoms with van der Waals surface area (Å²) < 4.78 is 0. The van der Waals surface area contributed by atoms with Crippen LogP contribution in [0, 0.1) is 10.1 Å². The fraction of sp³-hybridized carbons (Fsp3) is 0.167. The number of thioether (sulfide) groups is 1. The topological polar surface area (TPSA) is 93.0 Å². The van der Waals surface area contributed by atoms with Crippen LogP contribution in [-0.4, -0.2) is 28.2 Å². The Balaban J connectivity index is 2.40. The fourth-order valence-corrected chi connectivity index (χ4v) is 2.12. The Morgan fingerprint density at radius 1 is 1.30 bits per heavy atom. The Morgan fingerprint density at radius 2 is 2.05 bits per heavy atom. The third kappa shape index (κ3) is 2.97. The van der Waals surface area contributed by atoms with Gasteiger partial charge in [0, 0.05) is 17.6 Å². The first kappa shape index (κ1) is 14.1. The highest BCUT2D eigenvalue weighted by molar-refractivity contribution is 7.98. The second-order valence-corrected chi connectivity index (χ2v) is 4.66. The third-order valence-corrected chi connectivity index (χ3v) is 3.30. The molecule has 0 aliphatic carbocycles. The number of aromatic nitrogens is 2. The summed E-state index contributed by atoms with van der Waals surface area (Å²) in [5, 5.41) is 16.8. The molecule has 0 aliphatic rings. The van der Waals surface area contributed by atoms with Crippen molar-refractivity contribution in [2.24, 2.45) is 0 Å². The SMILES string of the molecule is CNc1ncnc(Nc2cccc(SC)c2)c1[N+](=O)[O-]. The molecule has 2 aromatic rings. The number of nitro groups is 1. The minimum Gasteiger partial charge on any atom is -0.367 e. The van der Waals surface area contributed by atoms with Crippen molar-refractivity contribution in [3.63, 3.8) is 0 Å². The van der Waals surface area contributed by atoms with Gasteiger partial charge in [-0.2, -0.15) is 0 Å². The average molecular weight is 291 g/mol. The second kappa shape index (κ2) is 6.20. The van der Waals surface area contributed by atoms with E-state index in [9.17, 15) is 10.1 Å².